The maximum Gasteiger partial charge on any atom is 0.343 e. The summed E-state index contributed by atoms with van der Waals surface area (Å²) in [6.45, 7) is 2.55. The lowest BCUT2D eigenvalue weighted by Gasteiger charge is -2.44. The second-order valence-corrected chi connectivity index (χ2v) is 7.31. The summed E-state index contributed by atoms with van der Waals surface area (Å²) < 4.78 is 18.1. The Hall–Kier alpha value is -1.46. The summed E-state index contributed by atoms with van der Waals surface area (Å²) in [4.78, 5) is 15.2. The van der Waals surface area contributed by atoms with E-state index in [-0.39, 0.29) is 19.2 Å². The van der Waals surface area contributed by atoms with Crippen molar-refractivity contribution < 1.29 is 19.0 Å². The van der Waals surface area contributed by atoms with Gasteiger partial charge in [-0.2, -0.15) is 0 Å². The van der Waals surface area contributed by atoms with Gasteiger partial charge in [-0.15, -0.1) is 0 Å². The van der Waals surface area contributed by atoms with Gasteiger partial charge in [0.1, 0.15) is 6.10 Å². The summed E-state index contributed by atoms with van der Waals surface area (Å²) in [5, 5.41) is 11.2. The molecule has 25 heavy (non-hydrogen) atoms. The minimum atomic E-state index is -1.65. The molecule has 4 nitrogen and oxygen atoms in total. The number of carbonyl (C=O) groups excluding carboxylic acids is 1. The van der Waals surface area contributed by atoms with Crippen LogP contribution in [0, 0.1) is 5.92 Å². The monoisotopic (exact) mass is 348 g/mol. The topological polar surface area (TPSA) is 49.8 Å². The zero-order chi connectivity index (χ0) is 17.7. The van der Waals surface area contributed by atoms with E-state index in [4.69, 9.17) is 4.74 Å². The summed E-state index contributed by atoms with van der Waals surface area (Å²) in [5.41, 5.74) is -1.09. The highest BCUT2D eigenvalue weighted by Crippen LogP contribution is 2.34. The van der Waals surface area contributed by atoms with Gasteiger partial charge >= 0.3 is 5.97 Å². The number of hydrogen-bond acceptors (Lipinski definition) is 4. The van der Waals surface area contributed by atoms with Crippen LogP contribution in [-0.4, -0.2) is 48.4 Å². The number of aliphatic hydroxyl groups is 1. The van der Waals surface area contributed by atoms with Gasteiger partial charge in [0.2, 0.25) is 0 Å². The third kappa shape index (κ3) is 4.21. The Morgan fingerprint density at radius 2 is 1.92 bits per heavy atom. The van der Waals surface area contributed by atoms with Gasteiger partial charge in [-0.3, -0.25) is 9.29 Å². The minimum Gasteiger partial charge on any atom is -0.458 e. The Kier molecular flexibility index (Phi) is 6.07. The summed E-state index contributed by atoms with van der Waals surface area (Å²) in [7, 11) is 0. The van der Waals surface area contributed by atoms with Gasteiger partial charge in [-0.25, -0.2) is 4.79 Å². The number of piperidine rings is 3. The molecule has 3 aliphatic rings. The molecular weight excluding hydrogens is 320 g/mol. The van der Waals surface area contributed by atoms with Crippen molar-refractivity contribution in [2.24, 2.45) is 5.92 Å². The van der Waals surface area contributed by atoms with Gasteiger partial charge in [-0.1, -0.05) is 36.8 Å². The van der Waals surface area contributed by atoms with Gasteiger partial charge in [0.05, 0.1) is 6.67 Å². The van der Waals surface area contributed by atoms with Crippen LogP contribution in [0.4, 0.5) is 4.39 Å². The largest absolute Gasteiger partial charge is 0.458 e. The summed E-state index contributed by atoms with van der Waals surface area (Å²) in [6, 6.07) is 8.98. The number of ether oxygens (including phenoxy) is 1. The van der Waals surface area contributed by atoms with E-state index in [1.807, 2.05) is 18.2 Å². The van der Waals surface area contributed by atoms with E-state index < -0.39 is 11.6 Å². The molecule has 3 aliphatic heterocycles. The van der Waals surface area contributed by atoms with Crippen molar-refractivity contribution in [1.82, 2.24) is 4.90 Å². The second-order valence-electron chi connectivity index (χ2n) is 7.31. The van der Waals surface area contributed by atoms with Gasteiger partial charge in [0.15, 0.2) is 5.60 Å². The molecule has 2 unspecified atom stereocenters. The molecule has 2 bridgehead atoms. The molecule has 4 rings (SSSR count). The van der Waals surface area contributed by atoms with E-state index in [0.717, 1.165) is 32.5 Å². The number of esters is 1. The maximum absolute atomic E-state index is 12.9. The van der Waals surface area contributed by atoms with Crippen molar-refractivity contribution in [3.63, 3.8) is 0 Å². The molecule has 1 aromatic rings. The SMILES string of the molecule is O=C(OC1CN2CCC1CC2)C(O)(CCCCC[18F])c1ccccc1. The van der Waals surface area contributed by atoms with Crippen LogP contribution in [0.5, 0.6) is 0 Å². The third-order valence-electron chi connectivity index (χ3n) is 5.62. The van der Waals surface area contributed by atoms with Crippen LogP contribution in [0.15, 0.2) is 30.3 Å². The van der Waals surface area contributed by atoms with Crippen molar-refractivity contribution >= 4 is 5.97 Å². The predicted octanol–water partition coefficient (Wildman–Crippen LogP) is 3.04. The molecule has 3 heterocycles. The van der Waals surface area contributed by atoms with E-state index in [1.54, 1.807) is 12.1 Å². The molecule has 138 valence electrons. The molecule has 3 saturated heterocycles. The van der Waals surface area contributed by atoms with Gasteiger partial charge in [-0.05, 0) is 56.7 Å². The standard InChI is InChI=1S/C20H28FNO3/c21-12-6-2-5-11-20(24,17-7-3-1-4-8-17)19(23)25-18-15-22-13-9-16(18)10-14-22/h1,3-4,7-8,16,18,24H,2,5-6,9-15H2/i21-1. The van der Waals surface area contributed by atoms with E-state index in [9.17, 15) is 14.3 Å². The molecule has 0 aliphatic carbocycles. The molecule has 5 heteroatoms. The van der Waals surface area contributed by atoms with Crippen LogP contribution in [0.1, 0.15) is 44.1 Å². The highest BCUT2D eigenvalue weighted by atomic mass is 18.2. The third-order valence-corrected chi connectivity index (χ3v) is 5.62. The lowest BCUT2D eigenvalue weighted by atomic mass is 9.85. The zero-order valence-corrected chi connectivity index (χ0v) is 14.7. The van der Waals surface area contributed by atoms with Crippen molar-refractivity contribution in [3.05, 3.63) is 35.9 Å². The number of carbonyl (C=O) groups is 1. The van der Waals surface area contributed by atoms with E-state index in [1.165, 1.54) is 0 Å². The Bertz CT molecular complexity index is 559. The number of alkyl halides is 1. The predicted molar refractivity (Wildman–Crippen MR) is 93.8 cm³/mol. The fourth-order valence-electron chi connectivity index (χ4n) is 4.01. The van der Waals surface area contributed by atoms with Crippen molar-refractivity contribution in [1.29, 1.82) is 0 Å². The fraction of sp³-hybridized carbons (Fsp3) is 0.650. The van der Waals surface area contributed by atoms with Crippen LogP contribution >= 0.6 is 0 Å². The van der Waals surface area contributed by atoms with Gasteiger partial charge in [0, 0.05) is 6.54 Å². The van der Waals surface area contributed by atoms with Gasteiger partial charge < -0.3 is 9.84 Å². The number of benzene rings is 1. The first-order valence-electron chi connectivity index (χ1n) is 9.41. The molecule has 2 atom stereocenters. The Morgan fingerprint density at radius 3 is 2.52 bits per heavy atom. The summed E-state index contributed by atoms with van der Waals surface area (Å²) in [5.74, 6) is -0.154. The lowest BCUT2D eigenvalue weighted by molar-refractivity contribution is -0.182. The summed E-state index contributed by atoms with van der Waals surface area (Å²) >= 11 is 0. The minimum absolute atomic E-state index is 0.129. The highest BCUT2D eigenvalue weighted by Gasteiger charge is 2.43. The first-order chi connectivity index (χ1) is 12.1. The first kappa shape index (κ1) is 18.3. The number of nitrogens with zero attached hydrogens (tertiary/aromatic N) is 1. The smallest absolute Gasteiger partial charge is 0.343 e. The van der Waals surface area contributed by atoms with Crippen LogP contribution in [0.25, 0.3) is 0 Å². The highest BCUT2D eigenvalue weighted by molar-refractivity contribution is 5.81. The molecule has 0 amide bonds. The number of fused-ring (bicyclic) bond motifs is 3. The fourth-order valence-corrected chi connectivity index (χ4v) is 4.01. The molecule has 0 spiro atoms. The quantitative estimate of drug-likeness (QED) is 0.579. The van der Waals surface area contributed by atoms with Crippen molar-refractivity contribution in [2.75, 3.05) is 26.3 Å². The molecule has 0 aromatic heterocycles. The molecule has 1 aromatic carbocycles. The average Bonchev–Trinajstić information content (AvgIpc) is 2.66. The Balaban J connectivity index is 1.70. The number of hydrogen-bond donors (Lipinski definition) is 1. The molecule has 0 radical (unpaired) electrons. The number of rotatable bonds is 8. The average molecular weight is 348 g/mol. The first-order valence-corrected chi connectivity index (χ1v) is 9.41. The molecule has 1 N–H and O–H groups in total. The van der Waals surface area contributed by atoms with E-state index >= 15 is 0 Å². The lowest BCUT2D eigenvalue weighted by Crippen LogP contribution is -2.53. The number of unbranched alkanes of at least 4 members (excludes halogenated alkanes) is 2. The van der Waals surface area contributed by atoms with Crippen molar-refractivity contribution in [3.8, 4) is 0 Å². The van der Waals surface area contributed by atoms with Crippen LogP contribution in [0.3, 0.4) is 0 Å². The summed E-state index contributed by atoms with van der Waals surface area (Å²) in [6.07, 6.45) is 3.94. The van der Waals surface area contributed by atoms with Gasteiger partial charge in [0.25, 0.3) is 0 Å². The van der Waals surface area contributed by atoms with Crippen LogP contribution < -0.4 is 0 Å². The van der Waals surface area contributed by atoms with Crippen molar-refractivity contribution in [2.45, 2.75) is 50.2 Å². The molecule has 0 saturated carbocycles. The maximum atomic E-state index is 12.9. The Morgan fingerprint density at radius 1 is 1.20 bits per heavy atom. The molecule has 3 fully saturated rings. The van der Waals surface area contributed by atoms with E-state index in [2.05, 4.69) is 4.90 Å². The zero-order valence-electron chi connectivity index (χ0n) is 14.7. The second kappa shape index (κ2) is 8.28. The van der Waals surface area contributed by atoms with Crippen LogP contribution in [0.2, 0.25) is 0 Å². The van der Waals surface area contributed by atoms with E-state index in [0.29, 0.717) is 30.7 Å². The molecular formula is C20H28FNO3. The normalized spacial score (nSPS) is 27.7. The van der Waals surface area contributed by atoms with Crippen LogP contribution in [-0.2, 0) is 15.1 Å². The Labute approximate surface area is 149 Å². The number of halogens is 1.